The van der Waals surface area contributed by atoms with Crippen LogP contribution < -0.4 is 0 Å². The maximum Gasteiger partial charge on any atom is 0.347 e. The molecule has 0 unspecified atom stereocenters. The minimum Gasteiger partial charge on any atom is -0.477 e. The molecule has 1 aromatic heterocycles. The minimum absolute atomic E-state index is 0.0658. The molecular weight excluding hydrogens is 312 g/mol. The van der Waals surface area contributed by atoms with E-state index in [-0.39, 0.29) is 9.77 Å². The number of likely N-dealkylation sites (tertiary alicyclic amines) is 1. The highest BCUT2D eigenvalue weighted by atomic mass is 32.2. The number of thiophene rings is 1. The Morgan fingerprint density at radius 3 is 2.62 bits per heavy atom. The molecule has 1 N–H and O–H groups in total. The van der Waals surface area contributed by atoms with Crippen LogP contribution in [0.2, 0.25) is 0 Å². The van der Waals surface area contributed by atoms with E-state index < -0.39 is 16.0 Å². The van der Waals surface area contributed by atoms with Gasteiger partial charge in [0, 0.05) is 20.1 Å². The fourth-order valence-electron chi connectivity index (χ4n) is 2.47. The molecule has 1 aliphatic heterocycles. The van der Waals surface area contributed by atoms with Gasteiger partial charge in [-0.1, -0.05) is 0 Å². The van der Waals surface area contributed by atoms with Gasteiger partial charge in [0.05, 0.1) is 0 Å². The monoisotopic (exact) mass is 332 g/mol. The van der Waals surface area contributed by atoms with Crippen LogP contribution in [0.25, 0.3) is 0 Å². The Balaban J connectivity index is 2.16. The third kappa shape index (κ3) is 3.45. The first-order chi connectivity index (χ1) is 9.84. The third-order valence-corrected chi connectivity index (χ3v) is 6.97. The fraction of sp³-hybridized carbons (Fsp3) is 0.615. The largest absolute Gasteiger partial charge is 0.477 e. The van der Waals surface area contributed by atoms with Crippen molar-refractivity contribution in [2.75, 3.05) is 33.2 Å². The smallest absolute Gasteiger partial charge is 0.347 e. The van der Waals surface area contributed by atoms with E-state index in [0.717, 1.165) is 37.3 Å². The van der Waals surface area contributed by atoms with Gasteiger partial charge in [-0.25, -0.2) is 13.2 Å². The van der Waals surface area contributed by atoms with Crippen molar-refractivity contribution in [2.45, 2.75) is 24.7 Å². The fourth-order valence-corrected chi connectivity index (χ4v) is 5.20. The van der Waals surface area contributed by atoms with Crippen LogP contribution in [0.5, 0.6) is 0 Å². The van der Waals surface area contributed by atoms with Gasteiger partial charge in [0.2, 0.25) is 10.0 Å². The predicted molar refractivity (Wildman–Crippen MR) is 81.5 cm³/mol. The van der Waals surface area contributed by atoms with Gasteiger partial charge in [0.15, 0.2) is 0 Å². The van der Waals surface area contributed by atoms with Crippen LogP contribution in [0, 0.1) is 6.92 Å². The molecule has 1 aliphatic rings. The van der Waals surface area contributed by atoms with E-state index in [1.54, 1.807) is 12.3 Å². The lowest BCUT2D eigenvalue weighted by Crippen LogP contribution is -2.35. The summed E-state index contributed by atoms with van der Waals surface area (Å²) in [6.45, 7) is 4.69. The van der Waals surface area contributed by atoms with Crippen LogP contribution in [-0.4, -0.2) is 61.9 Å². The minimum atomic E-state index is -3.76. The zero-order valence-electron chi connectivity index (χ0n) is 12.2. The quantitative estimate of drug-likeness (QED) is 0.853. The van der Waals surface area contributed by atoms with Crippen LogP contribution in [0.3, 0.4) is 0 Å². The van der Waals surface area contributed by atoms with Crippen LogP contribution >= 0.6 is 11.3 Å². The maximum absolute atomic E-state index is 12.6. The van der Waals surface area contributed by atoms with Crippen molar-refractivity contribution in [3.63, 3.8) is 0 Å². The number of carboxylic acids is 1. The first-order valence-electron chi connectivity index (χ1n) is 6.84. The van der Waals surface area contributed by atoms with E-state index in [9.17, 15) is 13.2 Å². The molecule has 0 amide bonds. The Bertz CT molecular complexity index is 618. The van der Waals surface area contributed by atoms with Crippen molar-refractivity contribution in [1.29, 1.82) is 0 Å². The zero-order valence-corrected chi connectivity index (χ0v) is 13.8. The molecule has 6 nitrogen and oxygen atoms in total. The number of aryl methyl sites for hydroxylation is 1. The lowest BCUT2D eigenvalue weighted by atomic mass is 10.3. The van der Waals surface area contributed by atoms with Gasteiger partial charge in [-0.2, -0.15) is 4.31 Å². The molecule has 0 spiro atoms. The summed E-state index contributed by atoms with van der Waals surface area (Å²) in [6, 6.07) is 0. The number of nitrogens with zero attached hydrogens (tertiary/aromatic N) is 2. The maximum atomic E-state index is 12.6. The Morgan fingerprint density at radius 2 is 2.05 bits per heavy atom. The molecule has 0 atom stereocenters. The number of likely N-dealkylation sites (N-methyl/N-ethyl adjacent to an activating group) is 1. The number of carbonyl (C=O) groups is 1. The Kier molecular flexibility index (Phi) is 5.03. The first-order valence-corrected chi connectivity index (χ1v) is 9.16. The van der Waals surface area contributed by atoms with Gasteiger partial charge < -0.3 is 10.0 Å². The third-order valence-electron chi connectivity index (χ3n) is 3.71. The molecule has 0 aliphatic carbocycles. The molecule has 118 valence electrons. The van der Waals surface area contributed by atoms with Gasteiger partial charge in [-0.15, -0.1) is 11.3 Å². The normalized spacial score (nSPS) is 16.7. The molecule has 1 saturated heterocycles. The second-order valence-electron chi connectivity index (χ2n) is 5.26. The predicted octanol–water partition coefficient (Wildman–Crippen LogP) is 1.47. The number of aromatic carboxylic acids is 1. The summed E-state index contributed by atoms with van der Waals surface area (Å²) in [4.78, 5) is 13.2. The summed E-state index contributed by atoms with van der Waals surface area (Å²) >= 11 is 0.956. The van der Waals surface area contributed by atoms with Crippen LogP contribution in [0.1, 0.15) is 28.1 Å². The summed E-state index contributed by atoms with van der Waals surface area (Å²) in [7, 11) is -2.25. The van der Waals surface area contributed by atoms with Crippen LogP contribution in [0.15, 0.2) is 10.3 Å². The second kappa shape index (κ2) is 6.43. The lowest BCUT2D eigenvalue weighted by Gasteiger charge is -2.21. The summed E-state index contributed by atoms with van der Waals surface area (Å²) in [5.41, 5.74) is 0.491. The number of rotatable bonds is 6. The SMILES string of the molecule is Cc1csc(C(=O)O)c1S(=O)(=O)N(C)CCN1CCCC1. The van der Waals surface area contributed by atoms with E-state index in [0.29, 0.717) is 18.7 Å². The van der Waals surface area contributed by atoms with Crippen molar-refractivity contribution in [1.82, 2.24) is 9.21 Å². The Morgan fingerprint density at radius 1 is 1.43 bits per heavy atom. The van der Waals surface area contributed by atoms with Gasteiger partial charge in [0.1, 0.15) is 9.77 Å². The highest BCUT2D eigenvalue weighted by molar-refractivity contribution is 7.89. The molecule has 21 heavy (non-hydrogen) atoms. The van der Waals surface area contributed by atoms with E-state index in [1.165, 1.54) is 11.4 Å². The van der Waals surface area contributed by atoms with Crippen molar-refractivity contribution < 1.29 is 18.3 Å². The molecule has 2 heterocycles. The standard InChI is InChI=1S/C13H20N2O4S2/c1-10-9-20-11(13(16)17)12(10)21(18,19)14(2)7-8-15-5-3-4-6-15/h9H,3-8H2,1-2H3,(H,16,17). The van der Waals surface area contributed by atoms with E-state index in [4.69, 9.17) is 5.11 Å². The van der Waals surface area contributed by atoms with Crippen molar-refractivity contribution in [2.24, 2.45) is 0 Å². The molecule has 1 fully saturated rings. The second-order valence-corrected chi connectivity index (χ2v) is 8.12. The number of carboxylic acid groups (broad SMARTS) is 1. The molecule has 0 bridgehead atoms. The average molecular weight is 332 g/mol. The average Bonchev–Trinajstić information content (AvgIpc) is 3.04. The highest BCUT2D eigenvalue weighted by Gasteiger charge is 2.30. The first kappa shape index (κ1) is 16.4. The van der Waals surface area contributed by atoms with Crippen LogP contribution in [-0.2, 0) is 10.0 Å². The van der Waals surface area contributed by atoms with Crippen molar-refractivity contribution in [3.8, 4) is 0 Å². The summed E-state index contributed by atoms with van der Waals surface area (Å²) < 4.78 is 26.4. The van der Waals surface area contributed by atoms with Crippen molar-refractivity contribution in [3.05, 3.63) is 15.8 Å². The van der Waals surface area contributed by atoms with E-state index >= 15 is 0 Å². The van der Waals surface area contributed by atoms with E-state index in [2.05, 4.69) is 4.90 Å². The molecule has 0 saturated carbocycles. The Hall–Kier alpha value is -0.960. The molecule has 0 radical (unpaired) electrons. The number of hydrogen-bond acceptors (Lipinski definition) is 5. The van der Waals surface area contributed by atoms with Gasteiger partial charge >= 0.3 is 5.97 Å². The van der Waals surface area contributed by atoms with Gasteiger partial charge in [-0.05, 0) is 43.8 Å². The van der Waals surface area contributed by atoms with Crippen LogP contribution in [0.4, 0.5) is 0 Å². The summed E-state index contributed by atoms with van der Waals surface area (Å²) in [5, 5.41) is 10.7. The van der Waals surface area contributed by atoms with Gasteiger partial charge in [-0.3, -0.25) is 0 Å². The topological polar surface area (TPSA) is 77.9 Å². The summed E-state index contributed by atoms with van der Waals surface area (Å²) in [5.74, 6) is -1.19. The number of sulfonamides is 1. The zero-order chi connectivity index (χ0) is 15.6. The molecular formula is C13H20N2O4S2. The molecule has 1 aromatic rings. The molecule has 2 rings (SSSR count). The Labute approximate surface area is 129 Å². The van der Waals surface area contributed by atoms with E-state index in [1.807, 2.05) is 0 Å². The molecule has 8 heteroatoms. The molecule has 0 aromatic carbocycles. The van der Waals surface area contributed by atoms with Crippen molar-refractivity contribution >= 4 is 27.3 Å². The number of hydrogen-bond donors (Lipinski definition) is 1. The summed E-state index contributed by atoms with van der Waals surface area (Å²) in [6.07, 6.45) is 2.31. The highest BCUT2D eigenvalue weighted by Crippen LogP contribution is 2.29. The van der Waals surface area contributed by atoms with Gasteiger partial charge in [0.25, 0.3) is 0 Å². The lowest BCUT2D eigenvalue weighted by molar-refractivity contribution is 0.0698.